The van der Waals surface area contributed by atoms with E-state index in [9.17, 15) is 29.8 Å². The first kappa shape index (κ1) is 22.5. The Morgan fingerprint density at radius 1 is 0.933 bits per heavy atom. The maximum atomic E-state index is 11.9. The van der Waals surface area contributed by atoms with Crippen molar-refractivity contribution in [2.75, 3.05) is 14.2 Å². The van der Waals surface area contributed by atoms with Gasteiger partial charge in [0.1, 0.15) is 11.3 Å². The minimum Gasteiger partial charge on any atom is -0.465 e. The van der Waals surface area contributed by atoms with Gasteiger partial charge < -0.3 is 14.2 Å². The molecule has 0 unspecified atom stereocenters. The van der Waals surface area contributed by atoms with Crippen molar-refractivity contribution in [3.05, 3.63) is 72.2 Å². The lowest BCUT2D eigenvalue weighted by Crippen LogP contribution is -2.15. The number of non-ortho nitro benzene ring substituents is 1. The van der Waals surface area contributed by atoms with Crippen molar-refractivity contribution >= 4 is 45.3 Å². The predicted molar refractivity (Wildman–Crippen MR) is 106 cm³/mol. The average molecular weight is 481 g/mol. The Kier molecular flexibility index (Phi) is 7.20. The van der Waals surface area contributed by atoms with Gasteiger partial charge in [0.15, 0.2) is 0 Å². The highest BCUT2D eigenvalue weighted by molar-refractivity contribution is 9.10. The molecule has 0 heterocycles. The molecule has 0 amide bonds. The van der Waals surface area contributed by atoms with Crippen LogP contribution in [0.1, 0.15) is 5.56 Å². The van der Waals surface area contributed by atoms with Crippen LogP contribution in [0.25, 0.3) is 6.08 Å². The zero-order chi connectivity index (χ0) is 22.4. The number of hydrogen-bond acceptors (Lipinski definition) is 9. The molecule has 0 spiro atoms. The Bertz CT molecular complexity index is 1050. The highest BCUT2D eigenvalue weighted by atomic mass is 79.9. The number of esters is 2. The normalized spacial score (nSPS) is 9.97. The van der Waals surface area contributed by atoms with Crippen LogP contribution in [-0.4, -0.2) is 36.0 Å². The van der Waals surface area contributed by atoms with Gasteiger partial charge in [0.25, 0.3) is 5.69 Å². The molecular weight excluding hydrogens is 468 g/mol. The summed E-state index contributed by atoms with van der Waals surface area (Å²) in [6.07, 6.45) is 1.13. The van der Waals surface area contributed by atoms with Gasteiger partial charge in [-0.1, -0.05) is 15.9 Å². The van der Waals surface area contributed by atoms with Crippen molar-refractivity contribution in [1.29, 1.82) is 0 Å². The second kappa shape index (κ2) is 9.60. The van der Waals surface area contributed by atoms with E-state index in [2.05, 4.69) is 25.4 Å². The van der Waals surface area contributed by atoms with Crippen LogP contribution >= 0.6 is 15.9 Å². The van der Waals surface area contributed by atoms with Gasteiger partial charge in [-0.3, -0.25) is 20.2 Å². The van der Waals surface area contributed by atoms with Gasteiger partial charge in [0, 0.05) is 16.1 Å². The number of rotatable bonds is 7. The van der Waals surface area contributed by atoms with Crippen LogP contribution in [0.4, 0.5) is 11.4 Å². The van der Waals surface area contributed by atoms with Crippen LogP contribution in [0.2, 0.25) is 0 Å². The zero-order valence-electron chi connectivity index (χ0n) is 15.5. The van der Waals surface area contributed by atoms with E-state index < -0.39 is 38.7 Å². The largest absolute Gasteiger partial charge is 0.465 e. The number of carbonyl (C=O) groups is 2. The van der Waals surface area contributed by atoms with Crippen LogP contribution < -0.4 is 4.74 Å². The van der Waals surface area contributed by atoms with Crippen LogP contribution in [0, 0.1) is 20.2 Å². The van der Waals surface area contributed by atoms with Gasteiger partial charge in [-0.15, -0.1) is 0 Å². The quantitative estimate of drug-likeness (QED) is 0.144. The minimum absolute atomic E-state index is 0.0282. The van der Waals surface area contributed by atoms with E-state index in [1.165, 1.54) is 12.1 Å². The fourth-order valence-corrected chi connectivity index (χ4v) is 2.65. The van der Waals surface area contributed by atoms with Crippen molar-refractivity contribution < 1.29 is 33.6 Å². The molecule has 156 valence electrons. The molecule has 0 atom stereocenters. The molecule has 0 aliphatic heterocycles. The molecule has 0 N–H and O–H groups in total. The Morgan fingerprint density at radius 2 is 1.53 bits per heavy atom. The molecule has 0 saturated carbocycles. The molecule has 12 heteroatoms. The molecule has 11 nitrogen and oxygen atoms in total. The Labute approximate surface area is 177 Å². The van der Waals surface area contributed by atoms with Gasteiger partial charge in [-0.2, -0.15) is 0 Å². The summed E-state index contributed by atoms with van der Waals surface area (Å²) in [7, 11) is 2.16. The standard InChI is InChI=1S/C18H13BrN2O9/c1-28-17(22)13(18(23)29-2)8-10-7-11(19)3-5-15(10)30-16-6-4-12(20(24)25)9-14(16)21(26)27/h3-9H,1-2H3. The first-order valence-electron chi connectivity index (χ1n) is 7.96. The third-order valence-electron chi connectivity index (χ3n) is 3.65. The van der Waals surface area contributed by atoms with Gasteiger partial charge in [0.2, 0.25) is 5.75 Å². The Balaban J connectivity index is 2.59. The fraction of sp³-hybridized carbons (Fsp3) is 0.111. The van der Waals surface area contributed by atoms with Gasteiger partial charge in [-0.25, -0.2) is 9.59 Å². The lowest BCUT2D eigenvalue weighted by atomic mass is 10.1. The zero-order valence-corrected chi connectivity index (χ0v) is 17.1. The fourth-order valence-electron chi connectivity index (χ4n) is 2.27. The molecule has 0 aromatic heterocycles. The highest BCUT2D eigenvalue weighted by Crippen LogP contribution is 2.37. The van der Waals surface area contributed by atoms with Crippen molar-refractivity contribution in [2.45, 2.75) is 0 Å². The van der Waals surface area contributed by atoms with Gasteiger partial charge in [0.05, 0.1) is 30.1 Å². The maximum Gasteiger partial charge on any atom is 0.345 e. The molecule has 0 fully saturated rings. The molecule has 2 aromatic carbocycles. The number of nitro groups is 2. The number of hydrogen-bond donors (Lipinski definition) is 0. The Morgan fingerprint density at radius 3 is 2.07 bits per heavy atom. The summed E-state index contributed by atoms with van der Waals surface area (Å²) < 4.78 is 15.3. The lowest BCUT2D eigenvalue weighted by Gasteiger charge is -2.11. The summed E-state index contributed by atoms with van der Waals surface area (Å²) in [5.74, 6) is -2.18. The summed E-state index contributed by atoms with van der Waals surface area (Å²) >= 11 is 3.24. The van der Waals surface area contributed by atoms with E-state index in [0.717, 1.165) is 38.5 Å². The van der Waals surface area contributed by atoms with E-state index in [0.29, 0.717) is 4.47 Å². The van der Waals surface area contributed by atoms with Crippen LogP contribution in [-0.2, 0) is 19.1 Å². The Hall–Kier alpha value is -3.80. The van der Waals surface area contributed by atoms with Crippen molar-refractivity contribution in [1.82, 2.24) is 0 Å². The van der Waals surface area contributed by atoms with E-state index in [-0.39, 0.29) is 17.1 Å². The first-order valence-corrected chi connectivity index (χ1v) is 8.75. The van der Waals surface area contributed by atoms with E-state index >= 15 is 0 Å². The third kappa shape index (κ3) is 5.17. The van der Waals surface area contributed by atoms with Gasteiger partial charge in [-0.05, 0) is 30.3 Å². The number of nitrogens with zero attached hydrogens (tertiary/aromatic N) is 2. The van der Waals surface area contributed by atoms with E-state index in [1.54, 1.807) is 6.07 Å². The smallest absolute Gasteiger partial charge is 0.345 e. The summed E-state index contributed by atoms with van der Waals surface area (Å²) in [4.78, 5) is 44.4. The molecule has 0 radical (unpaired) electrons. The number of ether oxygens (including phenoxy) is 3. The number of nitro benzene ring substituents is 2. The minimum atomic E-state index is -0.964. The van der Waals surface area contributed by atoms with Gasteiger partial charge >= 0.3 is 17.6 Å². The summed E-state index contributed by atoms with van der Waals surface area (Å²) in [5, 5.41) is 22.2. The van der Waals surface area contributed by atoms with Crippen molar-refractivity contribution in [2.24, 2.45) is 0 Å². The third-order valence-corrected chi connectivity index (χ3v) is 4.15. The predicted octanol–water partition coefficient (Wildman–Crippen LogP) is 3.79. The summed E-state index contributed by atoms with van der Waals surface area (Å²) in [6, 6.07) is 7.35. The van der Waals surface area contributed by atoms with Crippen LogP contribution in [0.3, 0.4) is 0 Å². The van der Waals surface area contributed by atoms with Crippen molar-refractivity contribution in [3.8, 4) is 11.5 Å². The van der Waals surface area contributed by atoms with Crippen LogP contribution in [0.5, 0.6) is 11.5 Å². The molecule has 0 saturated heterocycles. The van der Waals surface area contributed by atoms with E-state index in [4.69, 9.17) is 4.74 Å². The SMILES string of the molecule is COC(=O)C(=Cc1cc(Br)ccc1Oc1ccc([N+](=O)[O-])cc1[N+](=O)[O-])C(=O)OC. The summed E-state index contributed by atoms with van der Waals surface area (Å²) in [5.41, 5.74) is -1.38. The molecule has 2 rings (SSSR count). The first-order chi connectivity index (χ1) is 14.2. The number of carbonyl (C=O) groups excluding carboxylic acids is 2. The molecule has 0 aliphatic rings. The summed E-state index contributed by atoms with van der Waals surface area (Å²) in [6.45, 7) is 0. The molecule has 0 aliphatic carbocycles. The average Bonchev–Trinajstić information content (AvgIpc) is 2.72. The second-order valence-corrected chi connectivity index (χ2v) is 6.41. The second-order valence-electron chi connectivity index (χ2n) is 5.49. The molecular formula is C18H13BrN2O9. The number of halogens is 1. The number of methoxy groups -OCH3 is 2. The molecule has 0 bridgehead atoms. The van der Waals surface area contributed by atoms with Crippen molar-refractivity contribution in [3.63, 3.8) is 0 Å². The number of benzene rings is 2. The van der Waals surface area contributed by atoms with Crippen LogP contribution in [0.15, 0.2) is 46.4 Å². The molecule has 2 aromatic rings. The maximum absolute atomic E-state index is 11.9. The molecule has 30 heavy (non-hydrogen) atoms. The topological polar surface area (TPSA) is 148 Å². The highest BCUT2D eigenvalue weighted by Gasteiger charge is 2.24. The van der Waals surface area contributed by atoms with E-state index in [1.807, 2.05) is 0 Å². The lowest BCUT2D eigenvalue weighted by molar-refractivity contribution is -0.394. The monoisotopic (exact) mass is 480 g/mol.